The number of ether oxygens (including phenoxy) is 1. The van der Waals surface area contributed by atoms with Gasteiger partial charge in [0.2, 0.25) is 0 Å². The topological polar surface area (TPSA) is 46.5 Å². The summed E-state index contributed by atoms with van der Waals surface area (Å²) in [7, 11) is 0. The molecule has 0 heterocycles. The fourth-order valence-electron chi connectivity index (χ4n) is 2.44. The largest absolute Gasteiger partial charge is 0.479 e. The maximum atomic E-state index is 11.5. The zero-order valence-corrected chi connectivity index (χ0v) is 11.1. The van der Waals surface area contributed by atoms with Gasteiger partial charge >= 0.3 is 5.97 Å². The van der Waals surface area contributed by atoms with Crippen LogP contribution in [-0.4, -0.2) is 23.3 Å². The van der Waals surface area contributed by atoms with E-state index in [1.54, 1.807) is 0 Å². The Hall–Kier alpha value is -1.61. The van der Waals surface area contributed by atoms with Gasteiger partial charge in [0.1, 0.15) is 0 Å². The number of carbonyl (C=O) groups is 1. The van der Waals surface area contributed by atoms with Gasteiger partial charge in [-0.1, -0.05) is 42.5 Å². The molecule has 1 aromatic carbocycles. The first-order chi connectivity index (χ1) is 9.12. The lowest BCUT2D eigenvalue weighted by Crippen LogP contribution is -2.44. The number of hydrogen-bond acceptors (Lipinski definition) is 2. The highest BCUT2D eigenvalue weighted by Gasteiger charge is 2.41. The molecule has 0 atom stereocenters. The SMILES string of the molecule is C=C1CCC(OCCc2ccccc2)(C(=O)O)CC1. The molecule has 0 bridgehead atoms. The van der Waals surface area contributed by atoms with Crippen molar-refractivity contribution in [1.29, 1.82) is 0 Å². The monoisotopic (exact) mass is 260 g/mol. The van der Waals surface area contributed by atoms with Gasteiger partial charge in [0.15, 0.2) is 5.60 Å². The van der Waals surface area contributed by atoms with Crippen molar-refractivity contribution in [1.82, 2.24) is 0 Å². The molecule has 1 fully saturated rings. The number of rotatable bonds is 5. The van der Waals surface area contributed by atoms with Crippen LogP contribution in [0.1, 0.15) is 31.2 Å². The Kier molecular flexibility index (Phi) is 4.38. The zero-order valence-electron chi connectivity index (χ0n) is 11.1. The van der Waals surface area contributed by atoms with Crippen LogP contribution in [-0.2, 0) is 16.0 Å². The summed E-state index contributed by atoms with van der Waals surface area (Å²) in [6.45, 7) is 4.37. The molecule has 0 aliphatic heterocycles. The van der Waals surface area contributed by atoms with Crippen LogP contribution < -0.4 is 0 Å². The van der Waals surface area contributed by atoms with Gasteiger partial charge in [-0.2, -0.15) is 0 Å². The summed E-state index contributed by atoms with van der Waals surface area (Å²) in [5.74, 6) is -0.840. The van der Waals surface area contributed by atoms with Crippen LogP contribution in [0.15, 0.2) is 42.5 Å². The van der Waals surface area contributed by atoms with Gasteiger partial charge in [-0.05, 0) is 37.7 Å². The summed E-state index contributed by atoms with van der Waals surface area (Å²) >= 11 is 0. The Balaban J connectivity index is 1.91. The van der Waals surface area contributed by atoms with E-state index in [0.29, 0.717) is 19.4 Å². The molecule has 1 aromatic rings. The fourth-order valence-corrected chi connectivity index (χ4v) is 2.44. The van der Waals surface area contributed by atoms with E-state index in [-0.39, 0.29) is 0 Å². The van der Waals surface area contributed by atoms with Crippen molar-refractivity contribution >= 4 is 5.97 Å². The summed E-state index contributed by atoms with van der Waals surface area (Å²) in [6.07, 6.45) is 3.32. The van der Waals surface area contributed by atoms with Crippen molar-refractivity contribution in [2.75, 3.05) is 6.61 Å². The van der Waals surface area contributed by atoms with Crippen LogP contribution in [0.2, 0.25) is 0 Å². The first-order valence-electron chi connectivity index (χ1n) is 6.70. The van der Waals surface area contributed by atoms with E-state index in [2.05, 4.69) is 6.58 Å². The molecule has 0 spiro atoms. The molecule has 0 saturated heterocycles. The molecule has 3 nitrogen and oxygen atoms in total. The quantitative estimate of drug-likeness (QED) is 0.827. The second-order valence-corrected chi connectivity index (χ2v) is 5.13. The minimum atomic E-state index is -1.00. The number of hydrogen-bond donors (Lipinski definition) is 1. The Morgan fingerprint density at radius 1 is 1.26 bits per heavy atom. The minimum absolute atomic E-state index is 0.447. The van der Waals surface area contributed by atoms with E-state index in [1.807, 2.05) is 30.3 Å². The first kappa shape index (κ1) is 13.8. The molecule has 102 valence electrons. The summed E-state index contributed by atoms with van der Waals surface area (Å²) in [5, 5.41) is 9.42. The highest BCUT2D eigenvalue weighted by Crippen LogP contribution is 2.34. The summed E-state index contributed by atoms with van der Waals surface area (Å²) < 4.78 is 5.74. The standard InChI is InChI=1S/C16H20O3/c1-13-7-10-16(11-8-13,15(17)18)19-12-9-14-5-3-2-4-6-14/h2-6H,1,7-12H2,(H,17,18). The normalized spacial score (nSPS) is 18.2. The van der Waals surface area contributed by atoms with Crippen LogP contribution in [0.25, 0.3) is 0 Å². The lowest BCUT2D eigenvalue weighted by molar-refractivity contribution is -0.169. The van der Waals surface area contributed by atoms with E-state index in [1.165, 1.54) is 5.56 Å². The van der Waals surface area contributed by atoms with Gasteiger partial charge < -0.3 is 9.84 Å². The lowest BCUT2D eigenvalue weighted by atomic mass is 9.82. The van der Waals surface area contributed by atoms with Crippen molar-refractivity contribution in [3.05, 3.63) is 48.0 Å². The Morgan fingerprint density at radius 2 is 1.89 bits per heavy atom. The maximum Gasteiger partial charge on any atom is 0.335 e. The average molecular weight is 260 g/mol. The van der Waals surface area contributed by atoms with Crippen LogP contribution in [0.3, 0.4) is 0 Å². The van der Waals surface area contributed by atoms with Crippen molar-refractivity contribution in [2.45, 2.75) is 37.7 Å². The molecule has 1 saturated carbocycles. The van der Waals surface area contributed by atoms with Gasteiger partial charge in [-0.15, -0.1) is 0 Å². The second-order valence-electron chi connectivity index (χ2n) is 5.13. The average Bonchev–Trinajstić information content (AvgIpc) is 2.42. The molecule has 1 aliphatic rings. The number of carboxylic acids is 1. The third-order valence-electron chi connectivity index (χ3n) is 3.77. The second kappa shape index (κ2) is 6.02. The van der Waals surface area contributed by atoms with Crippen LogP contribution in [0, 0.1) is 0 Å². The minimum Gasteiger partial charge on any atom is -0.479 e. The smallest absolute Gasteiger partial charge is 0.335 e. The van der Waals surface area contributed by atoms with Crippen molar-refractivity contribution in [3.63, 3.8) is 0 Å². The molecule has 1 N–H and O–H groups in total. The number of carboxylic acid groups (broad SMARTS) is 1. The molecular weight excluding hydrogens is 240 g/mol. The zero-order chi connectivity index (χ0) is 13.7. The molecule has 19 heavy (non-hydrogen) atoms. The molecule has 0 radical (unpaired) electrons. The third kappa shape index (κ3) is 3.44. The Morgan fingerprint density at radius 3 is 2.47 bits per heavy atom. The van der Waals surface area contributed by atoms with Gasteiger partial charge in [0.05, 0.1) is 6.61 Å². The molecule has 2 rings (SSSR count). The summed E-state index contributed by atoms with van der Waals surface area (Å²) in [6, 6.07) is 9.98. The predicted octanol–water partition coefficient (Wildman–Crippen LogP) is 3.20. The van der Waals surface area contributed by atoms with E-state index >= 15 is 0 Å². The van der Waals surface area contributed by atoms with Crippen molar-refractivity contribution in [3.8, 4) is 0 Å². The molecule has 1 aliphatic carbocycles. The number of aliphatic carboxylic acids is 1. The highest BCUT2D eigenvalue weighted by molar-refractivity contribution is 5.77. The number of benzene rings is 1. The Labute approximate surface area is 113 Å². The van der Waals surface area contributed by atoms with E-state index in [0.717, 1.165) is 24.8 Å². The first-order valence-corrected chi connectivity index (χ1v) is 6.70. The van der Waals surface area contributed by atoms with Gasteiger partial charge in [0, 0.05) is 0 Å². The van der Waals surface area contributed by atoms with Crippen molar-refractivity contribution < 1.29 is 14.6 Å². The lowest BCUT2D eigenvalue weighted by Gasteiger charge is -2.34. The fraction of sp³-hybridized carbons (Fsp3) is 0.438. The number of allylic oxidation sites excluding steroid dienone is 1. The molecule has 0 unspecified atom stereocenters. The van der Waals surface area contributed by atoms with E-state index in [4.69, 9.17) is 4.74 Å². The Bertz CT molecular complexity index is 440. The predicted molar refractivity (Wildman–Crippen MR) is 74.1 cm³/mol. The van der Waals surface area contributed by atoms with Gasteiger partial charge in [-0.25, -0.2) is 4.79 Å². The molecular formula is C16H20O3. The molecule has 0 aromatic heterocycles. The summed E-state index contributed by atoms with van der Waals surface area (Å²) in [5.41, 5.74) is 1.29. The van der Waals surface area contributed by atoms with Crippen LogP contribution >= 0.6 is 0 Å². The van der Waals surface area contributed by atoms with Gasteiger partial charge in [-0.3, -0.25) is 0 Å². The summed E-state index contributed by atoms with van der Waals surface area (Å²) in [4.78, 5) is 11.5. The molecule has 3 heteroatoms. The van der Waals surface area contributed by atoms with Crippen LogP contribution in [0.5, 0.6) is 0 Å². The van der Waals surface area contributed by atoms with E-state index < -0.39 is 11.6 Å². The highest BCUT2D eigenvalue weighted by atomic mass is 16.5. The maximum absolute atomic E-state index is 11.5. The van der Waals surface area contributed by atoms with Gasteiger partial charge in [0.25, 0.3) is 0 Å². The van der Waals surface area contributed by atoms with E-state index in [9.17, 15) is 9.90 Å². The molecule has 0 amide bonds. The van der Waals surface area contributed by atoms with Crippen LogP contribution in [0.4, 0.5) is 0 Å². The third-order valence-corrected chi connectivity index (χ3v) is 3.77. The van der Waals surface area contributed by atoms with Crippen molar-refractivity contribution in [2.24, 2.45) is 0 Å².